The summed E-state index contributed by atoms with van der Waals surface area (Å²) in [6.45, 7) is 6.46. The number of thiophene rings is 1. The third kappa shape index (κ3) is 5.55. The molecular formula is C45H32N2S. The highest BCUT2D eigenvalue weighted by molar-refractivity contribution is 7.20. The van der Waals surface area contributed by atoms with Crippen molar-refractivity contribution in [3.63, 3.8) is 0 Å². The predicted molar refractivity (Wildman–Crippen MR) is 208 cm³/mol. The van der Waals surface area contributed by atoms with E-state index in [-0.39, 0.29) is 0 Å². The second kappa shape index (κ2) is 12.7. The highest BCUT2D eigenvalue weighted by Gasteiger charge is 2.17. The number of hydrogen-bond donors (Lipinski definition) is 0. The van der Waals surface area contributed by atoms with E-state index in [1.54, 1.807) is 11.3 Å². The maximum atomic E-state index is 5.16. The number of nitrogens with zero attached hydrogens (tertiary/aromatic N) is 2. The van der Waals surface area contributed by atoms with Gasteiger partial charge in [-0.15, -0.1) is 11.3 Å². The Morgan fingerprint density at radius 2 is 1.02 bits per heavy atom. The summed E-state index contributed by atoms with van der Waals surface area (Å²) >= 11 is 1.71. The van der Waals surface area contributed by atoms with E-state index in [0.717, 1.165) is 27.3 Å². The normalized spacial score (nSPS) is 12.2. The van der Waals surface area contributed by atoms with E-state index < -0.39 is 0 Å². The van der Waals surface area contributed by atoms with Gasteiger partial charge in [-0.25, -0.2) is 9.98 Å². The first-order valence-electron chi connectivity index (χ1n) is 16.1. The van der Waals surface area contributed by atoms with Gasteiger partial charge in [0.25, 0.3) is 0 Å². The zero-order valence-corrected chi connectivity index (χ0v) is 27.4. The van der Waals surface area contributed by atoms with Crippen molar-refractivity contribution in [2.75, 3.05) is 0 Å². The van der Waals surface area contributed by atoms with Crippen molar-refractivity contribution in [3.05, 3.63) is 186 Å². The summed E-state index contributed by atoms with van der Waals surface area (Å²) in [7, 11) is 0. The fraction of sp³-hybridized carbons (Fsp3) is 0.0222. The molecule has 1 aromatic heterocycles. The number of fused-ring (bicyclic) bond motifs is 3. The van der Waals surface area contributed by atoms with Gasteiger partial charge in [-0.1, -0.05) is 152 Å². The zero-order valence-electron chi connectivity index (χ0n) is 26.6. The summed E-state index contributed by atoms with van der Waals surface area (Å²) in [6, 6.07) is 57.7. The fourth-order valence-electron chi connectivity index (χ4n) is 6.53. The number of rotatable bonds is 6. The van der Waals surface area contributed by atoms with Crippen LogP contribution in [0.5, 0.6) is 0 Å². The van der Waals surface area contributed by atoms with E-state index >= 15 is 0 Å². The van der Waals surface area contributed by atoms with Crippen LogP contribution in [0.2, 0.25) is 0 Å². The van der Waals surface area contributed by atoms with Gasteiger partial charge >= 0.3 is 0 Å². The largest absolute Gasteiger partial charge is 0.233 e. The lowest BCUT2D eigenvalue weighted by molar-refractivity contribution is 1.46. The van der Waals surface area contributed by atoms with Crippen LogP contribution in [-0.4, -0.2) is 11.5 Å². The Morgan fingerprint density at radius 1 is 0.500 bits per heavy atom. The summed E-state index contributed by atoms with van der Waals surface area (Å²) in [5, 5.41) is 6.08. The Morgan fingerprint density at radius 3 is 1.67 bits per heavy atom. The molecule has 2 nitrogen and oxygen atoms in total. The number of amidine groups is 1. The molecule has 0 aliphatic carbocycles. The summed E-state index contributed by atoms with van der Waals surface area (Å²) in [5.41, 5.74) is 8.38. The topological polar surface area (TPSA) is 24.7 Å². The lowest BCUT2D eigenvalue weighted by Crippen LogP contribution is -2.04. The Hall–Kier alpha value is -5.90. The van der Waals surface area contributed by atoms with E-state index in [4.69, 9.17) is 9.98 Å². The molecule has 48 heavy (non-hydrogen) atoms. The summed E-state index contributed by atoms with van der Waals surface area (Å²) in [6.07, 6.45) is 0. The van der Waals surface area contributed by atoms with E-state index in [9.17, 15) is 0 Å². The molecule has 0 unspecified atom stereocenters. The first-order valence-corrected chi connectivity index (χ1v) is 16.9. The molecular weight excluding hydrogens is 601 g/mol. The predicted octanol–water partition coefficient (Wildman–Crippen LogP) is 12.5. The molecule has 0 bridgehead atoms. The average Bonchev–Trinajstić information content (AvgIpc) is 3.59. The first-order chi connectivity index (χ1) is 23.6. The molecule has 0 amide bonds. The fourth-order valence-corrected chi connectivity index (χ4v) is 7.51. The maximum Gasteiger partial charge on any atom is 0.160 e. The molecule has 0 N–H and O–H groups in total. The zero-order chi connectivity index (χ0) is 32.5. The van der Waals surface area contributed by atoms with Gasteiger partial charge in [-0.3, -0.25) is 0 Å². The molecule has 7 aromatic carbocycles. The van der Waals surface area contributed by atoms with Crippen LogP contribution in [0.25, 0.3) is 59.6 Å². The van der Waals surface area contributed by atoms with Crippen LogP contribution in [0.3, 0.4) is 0 Å². The minimum absolute atomic E-state index is 0.634. The third-order valence-electron chi connectivity index (χ3n) is 8.82. The van der Waals surface area contributed by atoms with Crippen molar-refractivity contribution >= 4 is 60.2 Å². The third-order valence-corrected chi connectivity index (χ3v) is 9.98. The van der Waals surface area contributed by atoms with E-state index in [0.29, 0.717) is 11.5 Å². The van der Waals surface area contributed by atoms with Crippen LogP contribution in [-0.2, 0) is 0 Å². The van der Waals surface area contributed by atoms with E-state index in [1.807, 2.05) is 25.1 Å². The van der Waals surface area contributed by atoms with Gasteiger partial charge in [-0.05, 0) is 79.9 Å². The van der Waals surface area contributed by atoms with Gasteiger partial charge in [0.05, 0.1) is 10.6 Å². The molecule has 0 radical (unpaired) electrons. The van der Waals surface area contributed by atoms with Gasteiger partial charge in [0.15, 0.2) is 5.84 Å². The molecule has 0 saturated carbocycles. The highest BCUT2D eigenvalue weighted by Crippen LogP contribution is 2.43. The SMILES string of the molecule is C=C(/N=C(\N=C(/C)c1ccccc1)c1cccc(-c2c3ccccc3c(-c3ccccc3)c3ccccc23)c1)c1cc2ccccc2s1. The lowest BCUT2D eigenvalue weighted by Gasteiger charge is -2.18. The van der Waals surface area contributed by atoms with Crippen molar-refractivity contribution in [1.29, 1.82) is 0 Å². The van der Waals surface area contributed by atoms with Crippen molar-refractivity contribution < 1.29 is 0 Å². The molecule has 8 aromatic rings. The molecule has 0 saturated heterocycles. The Labute approximate surface area is 284 Å². The van der Waals surface area contributed by atoms with Crippen molar-refractivity contribution in [3.8, 4) is 22.3 Å². The van der Waals surface area contributed by atoms with Gasteiger partial charge in [0.2, 0.25) is 0 Å². The second-order valence-electron chi connectivity index (χ2n) is 11.9. The first kappa shape index (κ1) is 29.5. The molecule has 1 heterocycles. The minimum Gasteiger partial charge on any atom is -0.233 e. The van der Waals surface area contributed by atoms with Gasteiger partial charge in [0, 0.05) is 16.0 Å². The van der Waals surface area contributed by atoms with Gasteiger partial charge in [-0.2, -0.15) is 0 Å². The number of aliphatic imine (C=N–C) groups is 2. The smallest absolute Gasteiger partial charge is 0.160 e. The summed E-state index contributed by atoms with van der Waals surface area (Å²) < 4.78 is 1.22. The minimum atomic E-state index is 0.634. The Kier molecular flexibility index (Phi) is 7.81. The summed E-state index contributed by atoms with van der Waals surface area (Å²) in [4.78, 5) is 11.3. The van der Waals surface area contributed by atoms with Crippen LogP contribution >= 0.6 is 11.3 Å². The quantitative estimate of drug-likeness (QED) is 0.0990. The molecule has 0 fully saturated rings. The van der Waals surface area contributed by atoms with Crippen molar-refractivity contribution in [2.45, 2.75) is 6.92 Å². The number of benzene rings is 7. The maximum absolute atomic E-state index is 5.16. The Balaban J connectivity index is 1.33. The monoisotopic (exact) mass is 632 g/mol. The molecule has 0 aliphatic rings. The Bertz CT molecular complexity index is 2430. The number of hydrogen-bond acceptors (Lipinski definition) is 2. The van der Waals surface area contributed by atoms with Crippen molar-refractivity contribution in [2.24, 2.45) is 9.98 Å². The van der Waals surface area contributed by atoms with E-state index in [2.05, 4.69) is 152 Å². The second-order valence-corrected chi connectivity index (χ2v) is 13.0. The van der Waals surface area contributed by atoms with Crippen LogP contribution in [0.4, 0.5) is 0 Å². The standard InChI is InChI=1S/C45H32N2S/c1-30(32-16-5-3-6-17-32)46-45(47-31(2)42-29-34-20-9-14-27-41(34)48-42)36-22-15-21-35(28-36)44-39-25-12-10-23-37(39)43(33-18-7-4-8-19-33)38-24-11-13-26-40(38)44/h3-29H,2H2,1H3/b46-30+,47-45-. The highest BCUT2D eigenvalue weighted by atomic mass is 32.1. The molecule has 0 atom stereocenters. The van der Waals surface area contributed by atoms with Gasteiger partial charge < -0.3 is 0 Å². The lowest BCUT2D eigenvalue weighted by atomic mass is 9.85. The average molecular weight is 633 g/mol. The van der Waals surface area contributed by atoms with Crippen LogP contribution in [0.15, 0.2) is 180 Å². The van der Waals surface area contributed by atoms with Crippen LogP contribution in [0.1, 0.15) is 22.9 Å². The molecule has 3 heteroatoms. The molecule has 0 spiro atoms. The molecule has 8 rings (SSSR count). The molecule has 0 aliphatic heterocycles. The van der Waals surface area contributed by atoms with Crippen LogP contribution < -0.4 is 0 Å². The molecule has 228 valence electrons. The summed E-state index contributed by atoms with van der Waals surface area (Å²) in [5.74, 6) is 0.634. The van der Waals surface area contributed by atoms with Crippen LogP contribution in [0, 0.1) is 0 Å². The van der Waals surface area contributed by atoms with E-state index in [1.165, 1.54) is 48.3 Å². The van der Waals surface area contributed by atoms with Gasteiger partial charge in [0.1, 0.15) is 0 Å². The van der Waals surface area contributed by atoms with Crippen molar-refractivity contribution in [1.82, 2.24) is 0 Å².